The van der Waals surface area contributed by atoms with Crippen LogP contribution in [0.3, 0.4) is 0 Å². The topological polar surface area (TPSA) is 61.9 Å². The van der Waals surface area contributed by atoms with Crippen molar-refractivity contribution in [3.8, 4) is 17.1 Å². The molecule has 0 radical (unpaired) electrons. The molecule has 0 atom stereocenters. The van der Waals surface area contributed by atoms with Crippen LogP contribution in [0.5, 0.6) is 5.75 Å². The Morgan fingerprint density at radius 2 is 1.76 bits per heavy atom. The number of aryl methyl sites for hydroxylation is 2. The molecule has 2 aromatic heterocycles. The summed E-state index contributed by atoms with van der Waals surface area (Å²) >= 11 is 1.41. The van der Waals surface area contributed by atoms with Gasteiger partial charge < -0.3 is 13.9 Å². The normalized spacial score (nSPS) is 11.0. The number of hydrogen-bond acceptors (Lipinski definition) is 5. The number of hydrogen-bond donors (Lipinski definition) is 0. The fourth-order valence-corrected chi connectivity index (χ4v) is 4.75. The summed E-state index contributed by atoms with van der Waals surface area (Å²) < 4.78 is 9.37. The Kier molecular flexibility index (Phi) is 6.99. The molecule has 0 spiro atoms. The van der Waals surface area contributed by atoms with Crippen LogP contribution in [0.2, 0.25) is 0 Å². The monoisotopic (exact) mass is 460 g/mol. The van der Waals surface area contributed by atoms with Gasteiger partial charge in [0, 0.05) is 36.1 Å². The molecule has 0 fully saturated rings. The minimum atomic E-state index is 0.105. The first-order valence-corrected chi connectivity index (χ1v) is 11.9. The number of nitrogens with zero attached hydrogens (tertiary/aromatic N) is 4. The molecule has 0 saturated heterocycles. The number of carbonyl (C=O) groups is 1. The van der Waals surface area contributed by atoms with Crippen molar-refractivity contribution < 1.29 is 9.53 Å². The molecule has 33 heavy (non-hydrogen) atoms. The maximum Gasteiger partial charge on any atom is 0.191 e. The van der Waals surface area contributed by atoms with Gasteiger partial charge in [0.2, 0.25) is 0 Å². The van der Waals surface area contributed by atoms with Gasteiger partial charge in [0.25, 0.3) is 0 Å². The number of Topliss-reactive ketones (excluding diaryl/α,β-unsaturated/α-hetero) is 1. The van der Waals surface area contributed by atoms with Gasteiger partial charge in [0.05, 0.1) is 12.9 Å². The average Bonchev–Trinajstić information content (AvgIpc) is 3.35. The van der Waals surface area contributed by atoms with Crippen molar-refractivity contribution in [3.05, 3.63) is 83.2 Å². The molecule has 4 rings (SSSR count). The highest BCUT2D eigenvalue weighted by molar-refractivity contribution is 7.99. The lowest BCUT2D eigenvalue weighted by atomic mass is 10.1. The highest BCUT2D eigenvalue weighted by atomic mass is 32.2. The first-order chi connectivity index (χ1) is 16.0. The van der Waals surface area contributed by atoms with Crippen LogP contribution in [-0.2, 0) is 20.0 Å². The lowest BCUT2D eigenvalue weighted by molar-refractivity contribution is 0.102. The van der Waals surface area contributed by atoms with E-state index in [4.69, 9.17) is 4.74 Å². The zero-order chi connectivity index (χ0) is 23.4. The van der Waals surface area contributed by atoms with Crippen LogP contribution in [0.1, 0.15) is 27.3 Å². The summed E-state index contributed by atoms with van der Waals surface area (Å²) in [5, 5.41) is 9.33. The van der Waals surface area contributed by atoms with E-state index in [1.807, 2.05) is 54.9 Å². The van der Waals surface area contributed by atoms with Crippen molar-refractivity contribution >= 4 is 17.5 Å². The highest BCUT2D eigenvalue weighted by Gasteiger charge is 2.18. The Hall–Kier alpha value is -3.32. The Morgan fingerprint density at radius 1 is 1.03 bits per heavy atom. The quantitative estimate of drug-likeness (QED) is 0.256. The number of methoxy groups -OCH3 is 1. The predicted octanol–water partition coefficient (Wildman–Crippen LogP) is 5.13. The van der Waals surface area contributed by atoms with E-state index in [0.717, 1.165) is 47.1 Å². The lowest BCUT2D eigenvalue weighted by Gasteiger charge is -2.10. The van der Waals surface area contributed by atoms with E-state index in [2.05, 4.69) is 46.0 Å². The second-order valence-corrected chi connectivity index (χ2v) is 8.92. The van der Waals surface area contributed by atoms with E-state index in [-0.39, 0.29) is 5.78 Å². The molecule has 0 N–H and O–H groups in total. The molecule has 0 unspecified atom stereocenters. The van der Waals surface area contributed by atoms with Gasteiger partial charge in [0.15, 0.2) is 16.8 Å². The van der Waals surface area contributed by atoms with Gasteiger partial charge in [-0.05, 0) is 56.2 Å². The number of thioether (sulfide) groups is 1. The average molecular weight is 461 g/mol. The molecule has 0 aliphatic carbocycles. The van der Waals surface area contributed by atoms with E-state index < -0.39 is 0 Å². The third-order valence-electron chi connectivity index (χ3n) is 5.86. The number of rotatable bonds is 9. The smallest absolute Gasteiger partial charge is 0.191 e. The molecule has 2 heterocycles. The second kappa shape index (κ2) is 10.1. The fraction of sp³-hybridized carbons (Fsp3) is 0.269. The molecule has 2 aromatic carbocycles. The molecule has 7 heteroatoms. The minimum absolute atomic E-state index is 0.105. The number of ether oxygens (including phenoxy) is 1. The molecule has 0 saturated carbocycles. The van der Waals surface area contributed by atoms with Gasteiger partial charge >= 0.3 is 0 Å². The van der Waals surface area contributed by atoms with E-state index in [9.17, 15) is 4.79 Å². The van der Waals surface area contributed by atoms with Crippen molar-refractivity contribution in [3.63, 3.8) is 0 Å². The van der Waals surface area contributed by atoms with Crippen LogP contribution in [0.25, 0.3) is 11.4 Å². The van der Waals surface area contributed by atoms with Gasteiger partial charge in [-0.1, -0.05) is 42.1 Å². The Bertz CT molecular complexity index is 1240. The van der Waals surface area contributed by atoms with Crippen LogP contribution < -0.4 is 4.74 Å². The number of carbonyl (C=O) groups excluding carboxylic acids is 1. The van der Waals surface area contributed by atoms with Crippen molar-refractivity contribution in [2.24, 2.45) is 7.05 Å². The summed E-state index contributed by atoms with van der Waals surface area (Å²) in [5.74, 6) is 1.97. The van der Waals surface area contributed by atoms with E-state index in [0.29, 0.717) is 10.9 Å². The van der Waals surface area contributed by atoms with Crippen LogP contribution >= 0.6 is 11.8 Å². The van der Waals surface area contributed by atoms with Crippen molar-refractivity contribution in [1.82, 2.24) is 19.3 Å². The fourth-order valence-electron chi connectivity index (χ4n) is 3.95. The maximum absolute atomic E-state index is 13.0. The van der Waals surface area contributed by atoms with Crippen molar-refractivity contribution in [2.45, 2.75) is 32.0 Å². The zero-order valence-electron chi connectivity index (χ0n) is 19.4. The minimum Gasteiger partial charge on any atom is -0.497 e. The first kappa shape index (κ1) is 22.9. The van der Waals surface area contributed by atoms with Crippen LogP contribution in [0, 0.1) is 13.8 Å². The molecule has 0 bridgehead atoms. The molecule has 0 amide bonds. The molecular weight excluding hydrogens is 432 g/mol. The van der Waals surface area contributed by atoms with Crippen LogP contribution in [-0.4, -0.2) is 38.0 Å². The molecule has 0 aliphatic rings. The Balaban J connectivity index is 1.42. The molecular formula is C26H28N4O2S. The number of aromatic nitrogens is 4. The number of ketones is 1. The van der Waals surface area contributed by atoms with Crippen molar-refractivity contribution in [1.29, 1.82) is 0 Å². The van der Waals surface area contributed by atoms with Gasteiger partial charge in [0.1, 0.15) is 5.75 Å². The molecule has 6 nitrogen and oxygen atoms in total. The third kappa shape index (κ3) is 5.03. The summed E-state index contributed by atoms with van der Waals surface area (Å²) in [6, 6.07) is 20.1. The van der Waals surface area contributed by atoms with Crippen LogP contribution in [0.4, 0.5) is 0 Å². The first-order valence-electron chi connectivity index (χ1n) is 10.9. The molecule has 0 aliphatic heterocycles. The second-order valence-electron chi connectivity index (χ2n) is 7.98. The summed E-state index contributed by atoms with van der Waals surface area (Å²) in [6.07, 6.45) is 0.937. The SMILES string of the molecule is COc1ccc(-c2nnc(SCC(=O)c3cc(C)n(CCc4ccccc4)c3C)n2C)cc1. The van der Waals surface area contributed by atoms with E-state index >= 15 is 0 Å². The predicted molar refractivity (Wildman–Crippen MR) is 132 cm³/mol. The van der Waals surface area contributed by atoms with E-state index in [1.54, 1.807) is 7.11 Å². The maximum atomic E-state index is 13.0. The van der Waals surface area contributed by atoms with Gasteiger partial charge in [-0.2, -0.15) is 0 Å². The van der Waals surface area contributed by atoms with Gasteiger partial charge in [-0.15, -0.1) is 10.2 Å². The summed E-state index contributed by atoms with van der Waals surface area (Å²) in [4.78, 5) is 13.0. The summed E-state index contributed by atoms with van der Waals surface area (Å²) in [5.41, 5.74) is 5.16. The van der Waals surface area contributed by atoms with Gasteiger partial charge in [-0.25, -0.2) is 0 Å². The van der Waals surface area contributed by atoms with Gasteiger partial charge in [-0.3, -0.25) is 4.79 Å². The Labute approximate surface area is 198 Å². The molecule has 4 aromatic rings. The lowest BCUT2D eigenvalue weighted by Crippen LogP contribution is -2.08. The Morgan fingerprint density at radius 3 is 2.45 bits per heavy atom. The zero-order valence-corrected chi connectivity index (χ0v) is 20.2. The summed E-state index contributed by atoms with van der Waals surface area (Å²) in [7, 11) is 3.56. The third-order valence-corrected chi connectivity index (χ3v) is 6.88. The molecule has 170 valence electrons. The number of benzene rings is 2. The summed E-state index contributed by atoms with van der Waals surface area (Å²) in [6.45, 7) is 4.95. The van der Waals surface area contributed by atoms with Crippen LogP contribution in [0.15, 0.2) is 65.8 Å². The van der Waals surface area contributed by atoms with E-state index in [1.165, 1.54) is 17.3 Å². The van der Waals surface area contributed by atoms with Crippen molar-refractivity contribution in [2.75, 3.05) is 12.9 Å². The standard InChI is InChI=1S/C26H28N4O2S/c1-18-16-23(19(2)30(18)15-14-20-8-6-5-7-9-20)24(31)17-33-26-28-27-25(29(26)3)21-10-12-22(32-4)13-11-21/h5-13,16H,14-15,17H2,1-4H3. The largest absolute Gasteiger partial charge is 0.497 e. The highest BCUT2D eigenvalue weighted by Crippen LogP contribution is 2.26.